The molecule has 106 valence electrons. The van der Waals surface area contributed by atoms with Gasteiger partial charge in [-0.1, -0.05) is 31.9 Å². The molecule has 0 bridgehead atoms. The lowest BCUT2D eigenvalue weighted by molar-refractivity contribution is 0.340. The Morgan fingerprint density at radius 3 is 2.53 bits per heavy atom. The van der Waals surface area contributed by atoms with Crippen LogP contribution in [0.1, 0.15) is 57.6 Å². The van der Waals surface area contributed by atoms with E-state index in [1.165, 1.54) is 37.7 Å². The highest BCUT2D eigenvalue weighted by atomic mass is 16.5. The van der Waals surface area contributed by atoms with E-state index in [0.717, 1.165) is 24.8 Å². The number of benzene rings is 1. The van der Waals surface area contributed by atoms with E-state index in [-0.39, 0.29) is 0 Å². The van der Waals surface area contributed by atoms with Crippen LogP contribution in [0.4, 0.5) is 0 Å². The van der Waals surface area contributed by atoms with Crippen LogP contribution in [0.5, 0.6) is 5.75 Å². The van der Waals surface area contributed by atoms with Crippen molar-refractivity contribution in [2.75, 3.05) is 13.2 Å². The number of hydrogen-bond acceptors (Lipinski definition) is 2. The minimum Gasteiger partial charge on any atom is -0.494 e. The van der Waals surface area contributed by atoms with Gasteiger partial charge in [-0.05, 0) is 56.3 Å². The van der Waals surface area contributed by atoms with Crippen LogP contribution >= 0.6 is 0 Å². The zero-order valence-electron chi connectivity index (χ0n) is 12.3. The van der Waals surface area contributed by atoms with Gasteiger partial charge in [0.2, 0.25) is 0 Å². The Hall–Kier alpha value is -1.02. The molecule has 1 fully saturated rings. The number of nitrogens with one attached hydrogen (secondary N) is 1. The molecule has 1 aromatic rings. The second kappa shape index (κ2) is 7.54. The summed E-state index contributed by atoms with van der Waals surface area (Å²) in [6.45, 7) is 6.08. The molecule has 2 heteroatoms. The van der Waals surface area contributed by atoms with E-state index in [9.17, 15) is 0 Å². The highest BCUT2D eigenvalue weighted by Crippen LogP contribution is 2.36. The Morgan fingerprint density at radius 2 is 1.95 bits per heavy atom. The molecule has 1 aromatic carbocycles. The Morgan fingerprint density at radius 1 is 1.21 bits per heavy atom. The molecule has 0 aliphatic heterocycles. The first-order valence-corrected chi connectivity index (χ1v) is 7.79. The molecule has 0 aromatic heterocycles. The number of ether oxygens (including phenoxy) is 1. The molecule has 1 saturated carbocycles. The first kappa shape index (κ1) is 14.4. The van der Waals surface area contributed by atoms with Crippen LogP contribution in [-0.4, -0.2) is 13.2 Å². The molecule has 0 heterocycles. The van der Waals surface area contributed by atoms with Crippen molar-refractivity contribution >= 4 is 0 Å². The van der Waals surface area contributed by atoms with E-state index in [0.29, 0.717) is 6.04 Å². The van der Waals surface area contributed by atoms with Crippen molar-refractivity contribution in [1.29, 1.82) is 0 Å². The SMILES string of the molecule is CCCNC(CCC1CC1)c1ccc(OCC)cc1. The molecule has 0 spiro atoms. The summed E-state index contributed by atoms with van der Waals surface area (Å²) >= 11 is 0. The molecule has 0 amide bonds. The van der Waals surface area contributed by atoms with Gasteiger partial charge in [0.15, 0.2) is 0 Å². The lowest BCUT2D eigenvalue weighted by Crippen LogP contribution is -2.22. The molecule has 1 aliphatic rings. The van der Waals surface area contributed by atoms with Gasteiger partial charge in [0, 0.05) is 6.04 Å². The van der Waals surface area contributed by atoms with Crippen molar-refractivity contribution in [3.8, 4) is 5.75 Å². The van der Waals surface area contributed by atoms with Gasteiger partial charge >= 0.3 is 0 Å². The highest BCUT2D eigenvalue weighted by Gasteiger charge is 2.22. The van der Waals surface area contributed by atoms with Crippen molar-refractivity contribution in [3.05, 3.63) is 29.8 Å². The summed E-state index contributed by atoms with van der Waals surface area (Å²) in [4.78, 5) is 0. The monoisotopic (exact) mass is 261 g/mol. The summed E-state index contributed by atoms with van der Waals surface area (Å²) in [6.07, 6.45) is 6.72. The quantitative estimate of drug-likeness (QED) is 0.715. The van der Waals surface area contributed by atoms with Gasteiger partial charge in [-0.25, -0.2) is 0 Å². The maximum absolute atomic E-state index is 5.51. The van der Waals surface area contributed by atoms with Crippen molar-refractivity contribution in [2.45, 2.75) is 52.0 Å². The molecular formula is C17H27NO. The summed E-state index contributed by atoms with van der Waals surface area (Å²) in [5.41, 5.74) is 1.40. The Bertz CT molecular complexity index is 356. The van der Waals surface area contributed by atoms with Gasteiger partial charge in [0.25, 0.3) is 0 Å². The summed E-state index contributed by atoms with van der Waals surface area (Å²) in [5, 5.41) is 3.68. The average molecular weight is 261 g/mol. The van der Waals surface area contributed by atoms with Gasteiger partial charge in [-0.3, -0.25) is 0 Å². The zero-order chi connectivity index (χ0) is 13.5. The second-order valence-electron chi connectivity index (χ2n) is 5.53. The minimum atomic E-state index is 0.510. The van der Waals surface area contributed by atoms with E-state index < -0.39 is 0 Å². The van der Waals surface area contributed by atoms with Crippen molar-refractivity contribution in [2.24, 2.45) is 5.92 Å². The molecule has 2 nitrogen and oxygen atoms in total. The lowest BCUT2D eigenvalue weighted by atomic mass is 10.00. The first-order chi connectivity index (χ1) is 9.33. The lowest BCUT2D eigenvalue weighted by Gasteiger charge is -2.19. The zero-order valence-corrected chi connectivity index (χ0v) is 12.3. The predicted octanol–water partition coefficient (Wildman–Crippen LogP) is 4.32. The fraction of sp³-hybridized carbons (Fsp3) is 0.647. The van der Waals surface area contributed by atoms with Crippen LogP contribution in [0.25, 0.3) is 0 Å². The maximum atomic E-state index is 5.51. The summed E-state index contributed by atoms with van der Waals surface area (Å²) in [5.74, 6) is 1.98. The largest absolute Gasteiger partial charge is 0.494 e. The second-order valence-corrected chi connectivity index (χ2v) is 5.53. The number of rotatable bonds is 9. The van der Waals surface area contributed by atoms with Crippen LogP contribution in [0.15, 0.2) is 24.3 Å². The summed E-state index contributed by atoms with van der Waals surface area (Å²) in [6, 6.07) is 9.13. The van der Waals surface area contributed by atoms with Crippen LogP contribution in [0.3, 0.4) is 0 Å². The molecular weight excluding hydrogens is 234 g/mol. The summed E-state index contributed by atoms with van der Waals surface area (Å²) < 4.78 is 5.51. The molecule has 0 radical (unpaired) electrons. The van der Waals surface area contributed by atoms with E-state index in [1.54, 1.807) is 0 Å². The third-order valence-electron chi connectivity index (χ3n) is 3.79. The minimum absolute atomic E-state index is 0.510. The molecule has 19 heavy (non-hydrogen) atoms. The Balaban J connectivity index is 1.93. The molecule has 1 aliphatic carbocycles. The van der Waals surface area contributed by atoms with E-state index in [2.05, 4.69) is 36.5 Å². The van der Waals surface area contributed by atoms with Crippen LogP contribution in [-0.2, 0) is 0 Å². The molecule has 1 atom stereocenters. The van der Waals surface area contributed by atoms with Gasteiger partial charge in [-0.15, -0.1) is 0 Å². The maximum Gasteiger partial charge on any atom is 0.119 e. The fourth-order valence-electron chi connectivity index (χ4n) is 2.48. The van der Waals surface area contributed by atoms with Gasteiger partial charge in [0.1, 0.15) is 5.75 Å². The molecule has 2 rings (SSSR count). The smallest absolute Gasteiger partial charge is 0.119 e. The van der Waals surface area contributed by atoms with Crippen LogP contribution < -0.4 is 10.1 Å². The van der Waals surface area contributed by atoms with Gasteiger partial charge < -0.3 is 10.1 Å². The fourth-order valence-corrected chi connectivity index (χ4v) is 2.48. The van der Waals surface area contributed by atoms with E-state index in [1.807, 2.05) is 6.92 Å². The Kier molecular flexibility index (Phi) is 5.71. The van der Waals surface area contributed by atoms with Crippen molar-refractivity contribution < 1.29 is 4.74 Å². The number of hydrogen-bond donors (Lipinski definition) is 1. The van der Waals surface area contributed by atoms with E-state index in [4.69, 9.17) is 4.74 Å². The first-order valence-electron chi connectivity index (χ1n) is 7.79. The average Bonchev–Trinajstić information content (AvgIpc) is 3.25. The normalized spacial score (nSPS) is 16.3. The van der Waals surface area contributed by atoms with Crippen LogP contribution in [0.2, 0.25) is 0 Å². The highest BCUT2D eigenvalue weighted by molar-refractivity contribution is 5.29. The van der Waals surface area contributed by atoms with Crippen LogP contribution in [0, 0.1) is 5.92 Å². The summed E-state index contributed by atoms with van der Waals surface area (Å²) in [7, 11) is 0. The molecule has 1 N–H and O–H groups in total. The predicted molar refractivity (Wildman–Crippen MR) is 80.6 cm³/mol. The standard InChI is InChI=1S/C17H27NO/c1-3-13-18-17(12-7-14-5-6-14)15-8-10-16(11-9-15)19-4-2/h8-11,14,17-18H,3-7,12-13H2,1-2H3. The third kappa shape index (κ3) is 4.87. The van der Waals surface area contributed by atoms with Crippen molar-refractivity contribution in [1.82, 2.24) is 5.32 Å². The molecule has 1 unspecified atom stereocenters. The van der Waals surface area contributed by atoms with Gasteiger partial charge in [0.05, 0.1) is 6.61 Å². The topological polar surface area (TPSA) is 21.3 Å². The molecule has 0 saturated heterocycles. The van der Waals surface area contributed by atoms with Gasteiger partial charge in [-0.2, -0.15) is 0 Å². The Labute approximate surface area is 117 Å². The third-order valence-corrected chi connectivity index (χ3v) is 3.79. The van der Waals surface area contributed by atoms with Crippen molar-refractivity contribution in [3.63, 3.8) is 0 Å². The van der Waals surface area contributed by atoms with E-state index >= 15 is 0 Å².